The van der Waals surface area contributed by atoms with Crippen LogP contribution in [-0.2, 0) is 23.9 Å². The van der Waals surface area contributed by atoms with Gasteiger partial charge in [0.05, 0.1) is 22.0 Å². The summed E-state index contributed by atoms with van der Waals surface area (Å²) in [4.78, 5) is 49.3. The summed E-state index contributed by atoms with van der Waals surface area (Å²) in [5.74, 6) is -2.08. The highest BCUT2D eigenvalue weighted by molar-refractivity contribution is 6.00. The van der Waals surface area contributed by atoms with Crippen molar-refractivity contribution in [3.63, 3.8) is 0 Å². The molecule has 0 fully saturated rings. The summed E-state index contributed by atoms with van der Waals surface area (Å²) < 4.78 is 16.8. The predicted molar refractivity (Wildman–Crippen MR) is 168 cm³/mol. The number of carbonyl (C=O) groups excluding carboxylic acids is 3. The summed E-state index contributed by atoms with van der Waals surface area (Å²) in [5, 5.41) is 17.3. The number of nitro benzene ring substituents is 1. The van der Waals surface area contributed by atoms with Crippen molar-refractivity contribution in [2.45, 2.75) is 26.7 Å². The fraction of sp³-hybridized carbons (Fsp3) is 0.206. The van der Waals surface area contributed by atoms with Gasteiger partial charge in [-0.3, -0.25) is 14.9 Å². The zero-order valence-electron chi connectivity index (χ0n) is 25.1. The third kappa shape index (κ3) is 8.66. The number of carbonyl (C=O) groups is 3. The van der Waals surface area contributed by atoms with Gasteiger partial charge in [-0.15, -0.1) is 0 Å². The summed E-state index contributed by atoms with van der Waals surface area (Å²) in [5.41, 5.74) is 2.86. The van der Waals surface area contributed by atoms with E-state index in [-0.39, 0.29) is 42.6 Å². The molecule has 0 unspecified atom stereocenters. The van der Waals surface area contributed by atoms with Crippen LogP contribution in [-0.4, -0.2) is 42.6 Å². The van der Waals surface area contributed by atoms with Crippen LogP contribution in [0.5, 0.6) is 5.75 Å². The number of nitro groups is 1. The number of esters is 2. The molecule has 0 aromatic heterocycles. The van der Waals surface area contributed by atoms with Crippen LogP contribution in [0.3, 0.4) is 0 Å². The van der Waals surface area contributed by atoms with Gasteiger partial charge in [-0.05, 0) is 55.3 Å². The van der Waals surface area contributed by atoms with E-state index >= 15 is 0 Å². The molecular weight excluding hydrogens is 578 g/mol. The van der Waals surface area contributed by atoms with E-state index in [2.05, 4.69) is 10.6 Å². The molecule has 0 saturated heterocycles. The second-order valence-electron chi connectivity index (χ2n) is 10.1. The molecule has 1 aliphatic rings. The third-order valence-electron chi connectivity index (χ3n) is 6.79. The molecule has 3 aromatic rings. The van der Waals surface area contributed by atoms with Crippen LogP contribution in [0, 0.1) is 10.1 Å². The molecule has 45 heavy (non-hydrogen) atoms. The molecule has 11 nitrogen and oxygen atoms in total. The number of dihydropyridines is 1. The van der Waals surface area contributed by atoms with Crippen molar-refractivity contribution < 1.29 is 33.5 Å². The third-order valence-corrected chi connectivity index (χ3v) is 6.79. The molecule has 2 N–H and O–H groups in total. The zero-order chi connectivity index (χ0) is 32.3. The van der Waals surface area contributed by atoms with E-state index < -0.39 is 22.8 Å². The van der Waals surface area contributed by atoms with Gasteiger partial charge in [0.15, 0.2) is 0 Å². The first-order chi connectivity index (χ1) is 21.6. The smallest absolute Gasteiger partial charge is 0.337 e. The van der Waals surface area contributed by atoms with E-state index in [1.165, 1.54) is 25.1 Å². The van der Waals surface area contributed by atoms with E-state index in [4.69, 9.17) is 14.2 Å². The Morgan fingerprint density at radius 3 is 2.20 bits per heavy atom. The lowest BCUT2D eigenvalue weighted by molar-refractivity contribution is -0.384. The van der Waals surface area contributed by atoms with Gasteiger partial charge in [0.1, 0.15) is 25.6 Å². The monoisotopic (exact) mass is 611 g/mol. The Morgan fingerprint density at radius 2 is 1.56 bits per heavy atom. The Kier molecular flexibility index (Phi) is 10.8. The van der Waals surface area contributed by atoms with Crippen molar-refractivity contribution in [1.82, 2.24) is 5.32 Å². The second kappa shape index (κ2) is 15.1. The maximum absolute atomic E-state index is 13.5. The molecule has 0 bridgehead atoms. The highest BCUT2D eigenvalue weighted by Gasteiger charge is 2.38. The Morgan fingerprint density at radius 1 is 0.889 bits per heavy atom. The van der Waals surface area contributed by atoms with Crippen LogP contribution in [0.4, 0.5) is 11.4 Å². The van der Waals surface area contributed by atoms with Crippen molar-refractivity contribution >= 4 is 35.3 Å². The number of nitrogens with zero attached hydrogens (tertiary/aromatic N) is 1. The minimum atomic E-state index is -0.994. The Bertz CT molecular complexity index is 1660. The maximum atomic E-state index is 13.5. The van der Waals surface area contributed by atoms with E-state index in [1.807, 2.05) is 36.4 Å². The van der Waals surface area contributed by atoms with E-state index in [1.54, 1.807) is 50.3 Å². The topological polar surface area (TPSA) is 146 Å². The fourth-order valence-corrected chi connectivity index (χ4v) is 4.85. The van der Waals surface area contributed by atoms with Gasteiger partial charge >= 0.3 is 11.9 Å². The molecule has 0 radical (unpaired) electrons. The SMILES string of the molecule is CC(=O)Nc1ccc(OCCOC(=O)C2=C(C)NC(C)=C(C(=O)OC/C=C\c3ccccc3)[C@@H]2c2cccc([N+](=O)[O-])c2)cc1. The van der Waals surface area contributed by atoms with Gasteiger partial charge in [-0.2, -0.15) is 0 Å². The predicted octanol–water partition coefficient (Wildman–Crippen LogP) is 5.67. The second-order valence-corrected chi connectivity index (χ2v) is 10.1. The number of benzene rings is 3. The molecule has 0 aliphatic carbocycles. The van der Waals surface area contributed by atoms with Crippen LogP contribution >= 0.6 is 0 Å². The van der Waals surface area contributed by atoms with Crippen LogP contribution in [0.1, 0.15) is 37.8 Å². The molecule has 0 saturated carbocycles. The summed E-state index contributed by atoms with van der Waals surface area (Å²) in [6.45, 7) is 4.65. The molecule has 11 heteroatoms. The molecule has 0 spiro atoms. The van der Waals surface area contributed by atoms with Gasteiger partial charge < -0.3 is 24.8 Å². The number of hydrogen-bond acceptors (Lipinski definition) is 9. The van der Waals surface area contributed by atoms with Crippen molar-refractivity contribution in [2.24, 2.45) is 0 Å². The normalized spacial score (nSPS) is 14.5. The Balaban J connectivity index is 1.51. The van der Waals surface area contributed by atoms with Crippen molar-refractivity contribution in [1.29, 1.82) is 0 Å². The minimum absolute atomic E-state index is 0.0300. The molecule has 4 rings (SSSR count). The van der Waals surface area contributed by atoms with Crippen LogP contribution in [0.15, 0.2) is 107 Å². The standard InChI is InChI=1S/C34H33N3O8/c1-22-30(33(39)44-18-8-11-25-9-5-4-6-10-25)32(26-12-7-13-28(21-26)37(41)42)31(23(2)35-22)34(40)45-20-19-43-29-16-14-27(15-17-29)36-24(3)38/h4-17,21,32,35H,18-20H2,1-3H3,(H,36,38)/b11-8-/t32-/m0/s1. The number of amides is 1. The highest BCUT2D eigenvalue weighted by atomic mass is 16.6. The lowest BCUT2D eigenvalue weighted by Gasteiger charge is -2.30. The Labute approximate surface area is 260 Å². The van der Waals surface area contributed by atoms with Gasteiger partial charge in [0.2, 0.25) is 5.91 Å². The van der Waals surface area contributed by atoms with Gasteiger partial charge in [0, 0.05) is 36.1 Å². The average molecular weight is 612 g/mol. The van der Waals surface area contributed by atoms with E-state index in [9.17, 15) is 24.5 Å². The largest absolute Gasteiger partial charge is 0.490 e. The number of hydrogen-bond donors (Lipinski definition) is 2. The number of non-ortho nitro benzene ring substituents is 1. The molecule has 232 valence electrons. The maximum Gasteiger partial charge on any atom is 0.337 e. The average Bonchev–Trinajstić information content (AvgIpc) is 3.02. The summed E-state index contributed by atoms with van der Waals surface area (Å²) in [7, 11) is 0. The van der Waals surface area contributed by atoms with Crippen LogP contribution in [0.25, 0.3) is 6.08 Å². The first-order valence-electron chi connectivity index (χ1n) is 14.1. The lowest BCUT2D eigenvalue weighted by Crippen LogP contribution is -2.33. The molecule has 1 heterocycles. The van der Waals surface area contributed by atoms with Crippen LogP contribution < -0.4 is 15.4 Å². The zero-order valence-corrected chi connectivity index (χ0v) is 25.1. The quantitative estimate of drug-likeness (QED) is 0.115. The molecule has 3 aromatic carbocycles. The molecule has 1 aliphatic heterocycles. The lowest BCUT2D eigenvalue weighted by atomic mass is 9.80. The number of nitrogens with one attached hydrogen (secondary N) is 2. The molecule has 1 amide bonds. The van der Waals surface area contributed by atoms with E-state index in [0.29, 0.717) is 28.4 Å². The fourth-order valence-electron chi connectivity index (χ4n) is 4.85. The van der Waals surface area contributed by atoms with Crippen molar-refractivity contribution in [3.05, 3.63) is 129 Å². The highest BCUT2D eigenvalue weighted by Crippen LogP contribution is 2.40. The molecule has 1 atom stereocenters. The first kappa shape index (κ1) is 32.2. The summed E-state index contributed by atoms with van der Waals surface area (Å²) >= 11 is 0. The van der Waals surface area contributed by atoms with Crippen molar-refractivity contribution in [2.75, 3.05) is 25.1 Å². The number of ether oxygens (including phenoxy) is 3. The Hall–Kier alpha value is -5.71. The van der Waals surface area contributed by atoms with E-state index in [0.717, 1.165) is 5.56 Å². The van der Waals surface area contributed by atoms with Gasteiger partial charge in [-0.1, -0.05) is 48.5 Å². The minimum Gasteiger partial charge on any atom is -0.490 e. The number of allylic oxidation sites excluding steroid dienone is 2. The van der Waals surface area contributed by atoms with Crippen molar-refractivity contribution in [3.8, 4) is 5.75 Å². The van der Waals surface area contributed by atoms with Gasteiger partial charge in [-0.25, -0.2) is 9.59 Å². The summed E-state index contributed by atoms with van der Waals surface area (Å²) in [6.07, 6.45) is 3.52. The van der Waals surface area contributed by atoms with Crippen LogP contribution in [0.2, 0.25) is 0 Å². The van der Waals surface area contributed by atoms with Gasteiger partial charge in [0.25, 0.3) is 5.69 Å². The number of rotatable bonds is 12. The first-order valence-corrected chi connectivity index (χ1v) is 14.1. The summed E-state index contributed by atoms with van der Waals surface area (Å²) in [6, 6.07) is 22.0. The molecular formula is C34H33N3O8. The number of anilines is 1.